The van der Waals surface area contributed by atoms with E-state index in [0.717, 1.165) is 80.3 Å². The van der Waals surface area contributed by atoms with Crippen molar-refractivity contribution >= 4 is 28.5 Å². The number of rotatable bonds is 13. The maximum Gasteiger partial charge on any atom is 0.326 e. The Morgan fingerprint density at radius 2 is 2.06 bits per heavy atom. The summed E-state index contributed by atoms with van der Waals surface area (Å²) in [6, 6.07) is 4.28. The minimum Gasteiger partial charge on any atom is -0.480 e. The van der Waals surface area contributed by atoms with Crippen molar-refractivity contribution < 1.29 is 14.7 Å². The fourth-order valence-corrected chi connectivity index (χ4v) is 4.29. The van der Waals surface area contributed by atoms with Gasteiger partial charge in [0.2, 0.25) is 0 Å². The van der Waals surface area contributed by atoms with E-state index in [-0.39, 0.29) is 5.91 Å². The number of amides is 1. The zero-order chi connectivity index (χ0) is 25.2. The number of nitrogens with zero attached hydrogens (tertiary/aromatic N) is 3. The van der Waals surface area contributed by atoms with Crippen LogP contribution in [0.5, 0.6) is 0 Å². The summed E-state index contributed by atoms with van der Waals surface area (Å²) in [6.45, 7) is 6.99. The summed E-state index contributed by atoms with van der Waals surface area (Å²) in [5, 5.41) is 20.7. The van der Waals surface area contributed by atoms with Crippen LogP contribution in [0.2, 0.25) is 0 Å². The number of carboxylic acids is 1. The van der Waals surface area contributed by atoms with Gasteiger partial charge in [-0.05, 0) is 68.9 Å². The maximum absolute atomic E-state index is 12.6. The minimum atomic E-state index is -1.01. The number of unbranched alkanes of at least 4 members (excludes halogenated alkanes) is 4. The van der Waals surface area contributed by atoms with Crippen LogP contribution in [-0.2, 0) is 11.8 Å². The highest BCUT2D eigenvalue weighted by Gasteiger charge is 2.20. The van der Waals surface area contributed by atoms with E-state index in [1.807, 2.05) is 19.3 Å². The molecular formula is C27H37N5O3. The lowest BCUT2D eigenvalue weighted by Crippen LogP contribution is -2.40. The van der Waals surface area contributed by atoms with Crippen molar-refractivity contribution in [2.45, 2.75) is 70.8 Å². The van der Waals surface area contributed by atoms with Crippen LogP contribution < -0.4 is 10.6 Å². The topological polar surface area (TPSA) is 109 Å². The number of aliphatic imine (C=N–C) groups is 1. The Morgan fingerprint density at radius 3 is 2.80 bits per heavy atom. The highest BCUT2D eigenvalue weighted by Crippen LogP contribution is 2.17. The van der Waals surface area contributed by atoms with Crippen LogP contribution in [0.3, 0.4) is 0 Å². The van der Waals surface area contributed by atoms with Crippen LogP contribution in [0.25, 0.3) is 10.9 Å². The molecule has 2 heterocycles. The first-order valence-corrected chi connectivity index (χ1v) is 12.5. The first-order valence-electron chi connectivity index (χ1n) is 12.5. The van der Waals surface area contributed by atoms with E-state index < -0.39 is 12.0 Å². The first kappa shape index (κ1) is 26.2. The third kappa shape index (κ3) is 7.80. The van der Waals surface area contributed by atoms with E-state index >= 15 is 0 Å². The molecule has 1 aliphatic rings. The molecule has 0 bridgehead atoms. The second-order valence-corrected chi connectivity index (χ2v) is 9.21. The standard InChI is InChI=1S/C27H37N5O3/c1-4-22(29-25-19(2)11-10-16-28-25)12-8-6-5-7-9-13-24(27(34)35)30-26(33)20-14-15-23-21(17-20)18-32(3)31-23/h4,14-15,17-18,24,28H,1,5-13,16H2,2-3H3,(H,30,33)(H,34,35). The van der Waals surface area contributed by atoms with Crippen LogP contribution in [-0.4, -0.2) is 45.1 Å². The van der Waals surface area contributed by atoms with E-state index in [1.165, 1.54) is 5.57 Å². The molecule has 3 rings (SSSR count). The van der Waals surface area contributed by atoms with Crippen LogP contribution in [0, 0.1) is 0 Å². The van der Waals surface area contributed by atoms with Crippen LogP contribution >= 0.6 is 0 Å². The van der Waals surface area contributed by atoms with E-state index in [2.05, 4.69) is 29.2 Å². The zero-order valence-corrected chi connectivity index (χ0v) is 20.8. The average molecular weight is 480 g/mol. The summed E-state index contributed by atoms with van der Waals surface area (Å²) in [6.07, 6.45) is 12.0. The second kappa shape index (κ2) is 12.9. The largest absolute Gasteiger partial charge is 0.480 e. The van der Waals surface area contributed by atoms with Gasteiger partial charge in [0, 0.05) is 36.5 Å². The lowest BCUT2D eigenvalue weighted by Gasteiger charge is -2.17. The lowest BCUT2D eigenvalue weighted by atomic mass is 10.0. The van der Waals surface area contributed by atoms with E-state index in [4.69, 9.17) is 4.99 Å². The molecule has 1 atom stereocenters. The normalized spacial score (nSPS) is 15.1. The molecule has 0 fully saturated rings. The molecule has 1 aliphatic heterocycles. The molecule has 0 saturated heterocycles. The molecule has 0 saturated carbocycles. The van der Waals surface area contributed by atoms with Gasteiger partial charge >= 0.3 is 5.97 Å². The van der Waals surface area contributed by atoms with Crippen LogP contribution in [0.15, 0.2) is 53.4 Å². The molecule has 0 spiro atoms. The van der Waals surface area contributed by atoms with E-state index in [9.17, 15) is 14.7 Å². The number of carbonyl (C=O) groups is 2. The van der Waals surface area contributed by atoms with Crippen LogP contribution in [0.4, 0.5) is 0 Å². The van der Waals surface area contributed by atoms with E-state index in [1.54, 1.807) is 22.9 Å². The van der Waals surface area contributed by atoms with Gasteiger partial charge in [-0.2, -0.15) is 5.10 Å². The highest BCUT2D eigenvalue weighted by atomic mass is 16.4. The smallest absolute Gasteiger partial charge is 0.326 e. The van der Waals surface area contributed by atoms with E-state index in [0.29, 0.717) is 12.0 Å². The number of hydrogen-bond acceptors (Lipinski definition) is 5. The summed E-state index contributed by atoms with van der Waals surface area (Å²) in [7, 11) is 1.82. The third-order valence-electron chi connectivity index (χ3n) is 6.33. The predicted octanol–water partition coefficient (Wildman–Crippen LogP) is 4.73. The molecule has 1 aromatic carbocycles. The molecule has 1 amide bonds. The summed E-state index contributed by atoms with van der Waals surface area (Å²) < 4.78 is 1.68. The molecule has 0 aliphatic carbocycles. The highest BCUT2D eigenvalue weighted by molar-refractivity contribution is 5.99. The van der Waals surface area contributed by atoms with Crippen molar-refractivity contribution in [3.8, 4) is 0 Å². The SMILES string of the molecule is C=CC(CCCCCCCC(NC(=O)c1ccc2nn(C)cc2c1)C(=O)O)=NC1=C(C)CCCN1. The number of aliphatic carboxylic acids is 1. The summed E-state index contributed by atoms with van der Waals surface area (Å²) in [4.78, 5) is 29.0. The molecule has 0 radical (unpaired) electrons. The maximum atomic E-state index is 12.6. The Balaban J connectivity index is 1.38. The number of aromatic nitrogens is 2. The van der Waals surface area contributed by atoms with Gasteiger partial charge in [0.05, 0.1) is 5.52 Å². The second-order valence-electron chi connectivity index (χ2n) is 9.21. The number of carboxylic acid groups (broad SMARTS) is 1. The molecule has 3 N–H and O–H groups in total. The number of aryl methyl sites for hydroxylation is 1. The number of hydrogen-bond donors (Lipinski definition) is 3. The lowest BCUT2D eigenvalue weighted by molar-refractivity contribution is -0.139. The minimum absolute atomic E-state index is 0.378. The Bertz CT molecular complexity index is 1120. The number of allylic oxidation sites excluding steroid dienone is 2. The molecule has 8 heteroatoms. The number of nitrogens with one attached hydrogen (secondary N) is 2. The molecule has 8 nitrogen and oxygen atoms in total. The van der Waals surface area contributed by atoms with Gasteiger partial charge in [0.15, 0.2) is 0 Å². The quantitative estimate of drug-likeness (QED) is 0.284. The van der Waals surface area contributed by atoms with Gasteiger partial charge in [0.25, 0.3) is 5.91 Å². The molecule has 188 valence electrons. The van der Waals surface area contributed by atoms with Gasteiger partial charge in [0.1, 0.15) is 11.9 Å². The van der Waals surface area contributed by atoms with Gasteiger partial charge in [-0.15, -0.1) is 0 Å². The van der Waals surface area contributed by atoms with Crippen molar-refractivity contribution in [1.82, 2.24) is 20.4 Å². The average Bonchev–Trinajstić information content (AvgIpc) is 3.22. The Labute approximate surface area is 207 Å². The molecular weight excluding hydrogens is 442 g/mol. The van der Waals surface area contributed by atoms with Crippen molar-refractivity contribution in [1.29, 1.82) is 0 Å². The van der Waals surface area contributed by atoms with Crippen molar-refractivity contribution in [3.63, 3.8) is 0 Å². The van der Waals surface area contributed by atoms with Crippen molar-refractivity contribution in [3.05, 3.63) is 54.0 Å². The van der Waals surface area contributed by atoms with Gasteiger partial charge in [-0.25, -0.2) is 9.79 Å². The van der Waals surface area contributed by atoms with Gasteiger partial charge < -0.3 is 15.7 Å². The predicted molar refractivity (Wildman–Crippen MR) is 139 cm³/mol. The van der Waals surface area contributed by atoms with Gasteiger partial charge in [-0.1, -0.05) is 32.3 Å². The Kier molecular flexibility index (Phi) is 9.64. The third-order valence-corrected chi connectivity index (χ3v) is 6.33. The van der Waals surface area contributed by atoms with Crippen molar-refractivity contribution in [2.24, 2.45) is 12.0 Å². The Morgan fingerprint density at radius 1 is 1.29 bits per heavy atom. The number of benzene rings is 1. The fraction of sp³-hybridized carbons (Fsp3) is 0.481. The summed E-state index contributed by atoms with van der Waals surface area (Å²) >= 11 is 0. The molecule has 1 aromatic heterocycles. The summed E-state index contributed by atoms with van der Waals surface area (Å²) in [5.41, 5.74) is 3.54. The monoisotopic (exact) mass is 479 g/mol. The molecule has 2 aromatic rings. The molecule has 1 unspecified atom stereocenters. The fourth-order valence-electron chi connectivity index (χ4n) is 4.29. The molecule has 35 heavy (non-hydrogen) atoms. The van der Waals surface area contributed by atoms with Crippen molar-refractivity contribution in [2.75, 3.05) is 6.54 Å². The zero-order valence-electron chi connectivity index (χ0n) is 20.8. The van der Waals surface area contributed by atoms with Crippen LogP contribution in [0.1, 0.15) is 75.1 Å². The Hall–Kier alpha value is -3.42. The first-order chi connectivity index (χ1) is 16.9. The summed E-state index contributed by atoms with van der Waals surface area (Å²) in [5.74, 6) is -0.390. The van der Waals surface area contributed by atoms with Gasteiger partial charge in [-0.3, -0.25) is 9.48 Å². The number of carbonyl (C=O) groups excluding carboxylic acids is 1. The number of fused-ring (bicyclic) bond motifs is 1.